The lowest BCUT2D eigenvalue weighted by molar-refractivity contribution is 1.52. The van der Waals surface area contributed by atoms with E-state index in [1.807, 2.05) is 29.6 Å². The number of rotatable bonds is 2. The fraction of sp³-hybridized carbons (Fsp3) is 0. The highest BCUT2D eigenvalue weighted by atomic mass is 35.5. The second kappa shape index (κ2) is 5.70. The first-order chi connectivity index (χ1) is 10.1. The monoisotopic (exact) mass is 350 g/mol. The molecule has 3 aromatic rings. The van der Waals surface area contributed by atoms with Crippen molar-refractivity contribution in [2.75, 3.05) is 5.73 Å². The molecule has 0 aliphatic rings. The summed E-state index contributed by atoms with van der Waals surface area (Å²) in [6.07, 6.45) is 0. The van der Waals surface area contributed by atoms with E-state index in [4.69, 9.17) is 28.9 Å². The van der Waals surface area contributed by atoms with E-state index in [-0.39, 0.29) is 0 Å². The molecule has 0 aliphatic heterocycles. The van der Waals surface area contributed by atoms with E-state index >= 15 is 0 Å². The summed E-state index contributed by atoms with van der Waals surface area (Å²) in [4.78, 5) is 2.44. The quantitative estimate of drug-likeness (QED) is 0.624. The van der Waals surface area contributed by atoms with Gasteiger partial charge in [-0.15, -0.1) is 22.7 Å². The zero-order chi connectivity index (χ0) is 15.0. The average molecular weight is 351 g/mol. The number of nitrogens with two attached hydrogens (primary N) is 1. The summed E-state index contributed by atoms with van der Waals surface area (Å²) in [6.45, 7) is 0. The third-order valence-corrected chi connectivity index (χ3v) is 5.42. The van der Waals surface area contributed by atoms with Crippen LogP contribution in [0.5, 0.6) is 0 Å². The molecule has 2 aromatic heterocycles. The molecule has 0 saturated carbocycles. The lowest BCUT2D eigenvalue weighted by Gasteiger charge is -2.05. The van der Waals surface area contributed by atoms with Gasteiger partial charge in [0, 0.05) is 25.4 Å². The van der Waals surface area contributed by atoms with Crippen molar-refractivity contribution >= 4 is 51.6 Å². The van der Waals surface area contributed by atoms with Gasteiger partial charge < -0.3 is 5.73 Å². The number of anilines is 1. The molecule has 0 bridgehead atoms. The van der Waals surface area contributed by atoms with Gasteiger partial charge in [-0.2, -0.15) is 5.26 Å². The van der Waals surface area contributed by atoms with Crippen molar-refractivity contribution in [1.29, 1.82) is 5.26 Å². The van der Waals surface area contributed by atoms with Crippen molar-refractivity contribution < 1.29 is 0 Å². The van der Waals surface area contributed by atoms with Crippen molar-refractivity contribution in [2.45, 2.75) is 0 Å². The van der Waals surface area contributed by atoms with Gasteiger partial charge in [0.05, 0.1) is 5.69 Å². The summed E-state index contributed by atoms with van der Waals surface area (Å²) in [6, 6.07) is 11.4. The third-order valence-electron chi connectivity index (χ3n) is 2.94. The van der Waals surface area contributed by atoms with Crippen LogP contribution in [0.15, 0.2) is 35.7 Å². The van der Waals surface area contributed by atoms with Gasteiger partial charge in [0.25, 0.3) is 0 Å². The molecule has 0 atom stereocenters. The van der Waals surface area contributed by atoms with Crippen LogP contribution in [-0.4, -0.2) is 0 Å². The highest BCUT2D eigenvalue weighted by molar-refractivity contribution is 7.19. The highest BCUT2D eigenvalue weighted by Gasteiger charge is 2.20. The average Bonchev–Trinajstić information content (AvgIpc) is 3.04. The molecule has 0 radical (unpaired) electrons. The Morgan fingerprint density at radius 1 is 1.14 bits per heavy atom. The molecule has 2 heterocycles. The van der Waals surface area contributed by atoms with Crippen LogP contribution in [0.4, 0.5) is 5.69 Å². The minimum absolute atomic E-state index is 0.504. The van der Waals surface area contributed by atoms with Gasteiger partial charge in [-0.3, -0.25) is 0 Å². The number of hydrogen-bond acceptors (Lipinski definition) is 4. The van der Waals surface area contributed by atoms with Crippen LogP contribution in [0.25, 0.3) is 20.9 Å². The maximum Gasteiger partial charge on any atom is 0.129 e. The van der Waals surface area contributed by atoms with Gasteiger partial charge in [-0.25, -0.2) is 0 Å². The molecular weight excluding hydrogens is 343 g/mol. The Balaban J connectivity index is 2.30. The number of nitrogen functional groups attached to an aromatic ring is 1. The van der Waals surface area contributed by atoms with Crippen LogP contribution in [0.3, 0.4) is 0 Å². The first-order valence-corrected chi connectivity index (χ1v) is 8.38. The molecular formula is C15H8Cl2N2S2. The second-order valence-electron chi connectivity index (χ2n) is 4.30. The summed E-state index contributed by atoms with van der Waals surface area (Å²) >= 11 is 15.1. The molecule has 0 fully saturated rings. The molecule has 2 nitrogen and oxygen atoms in total. The first-order valence-electron chi connectivity index (χ1n) is 5.93. The largest absolute Gasteiger partial charge is 0.396 e. The van der Waals surface area contributed by atoms with Crippen LogP contribution in [-0.2, 0) is 0 Å². The minimum Gasteiger partial charge on any atom is -0.396 e. The molecule has 3 rings (SSSR count). The Bertz CT molecular complexity index is 825. The molecule has 0 saturated heterocycles. The summed E-state index contributed by atoms with van der Waals surface area (Å²) in [5.74, 6) is 0. The van der Waals surface area contributed by atoms with Crippen molar-refractivity contribution in [3.8, 4) is 27.0 Å². The van der Waals surface area contributed by atoms with E-state index in [0.717, 1.165) is 20.9 Å². The van der Waals surface area contributed by atoms with Crippen molar-refractivity contribution in [1.82, 2.24) is 0 Å². The van der Waals surface area contributed by atoms with Gasteiger partial charge in [-0.05, 0) is 35.2 Å². The maximum atomic E-state index is 9.24. The van der Waals surface area contributed by atoms with E-state index in [2.05, 4.69) is 6.07 Å². The van der Waals surface area contributed by atoms with E-state index in [1.165, 1.54) is 11.3 Å². The predicted octanol–water partition coefficient (Wildman–Crippen LogP) is 5.90. The Hall–Kier alpha value is -1.51. The van der Waals surface area contributed by atoms with Crippen LogP contribution in [0, 0.1) is 11.3 Å². The van der Waals surface area contributed by atoms with E-state index < -0.39 is 0 Å². The smallest absolute Gasteiger partial charge is 0.129 e. The van der Waals surface area contributed by atoms with Gasteiger partial charge in [0.15, 0.2) is 0 Å². The van der Waals surface area contributed by atoms with Gasteiger partial charge in [0.1, 0.15) is 10.9 Å². The molecule has 1 aromatic carbocycles. The second-order valence-corrected chi connectivity index (χ2v) is 7.14. The van der Waals surface area contributed by atoms with E-state index in [9.17, 15) is 5.26 Å². The molecule has 2 N–H and O–H groups in total. The molecule has 0 unspecified atom stereocenters. The third kappa shape index (κ3) is 2.66. The molecule has 0 amide bonds. The molecule has 21 heavy (non-hydrogen) atoms. The maximum absolute atomic E-state index is 9.24. The number of hydrogen-bond donors (Lipinski definition) is 1. The molecule has 0 aliphatic carbocycles. The number of thiophene rings is 2. The van der Waals surface area contributed by atoms with E-state index in [1.54, 1.807) is 17.4 Å². The number of nitrogens with zero attached hydrogens (tertiary/aromatic N) is 1. The zero-order valence-corrected chi connectivity index (χ0v) is 13.7. The van der Waals surface area contributed by atoms with Gasteiger partial charge in [-0.1, -0.05) is 29.3 Å². The predicted molar refractivity (Wildman–Crippen MR) is 92.2 cm³/mol. The number of benzene rings is 1. The fourth-order valence-electron chi connectivity index (χ4n) is 2.08. The zero-order valence-electron chi connectivity index (χ0n) is 10.6. The van der Waals surface area contributed by atoms with Crippen molar-refractivity contribution in [3.05, 3.63) is 50.6 Å². The summed E-state index contributed by atoms with van der Waals surface area (Å²) in [5, 5.41) is 12.3. The van der Waals surface area contributed by atoms with E-state index in [0.29, 0.717) is 20.6 Å². The van der Waals surface area contributed by atoms with Crippen LogP contribution >= 0.6 is 45.9 Å². The first kappa shape index (κ1) is 14.4. The van der Waals surface area contributed by atoms with Crippen LogP contribution < -0.4 is 5.73 Å². The summed E-state index contributed by atoms with van der Waals surface area (Å²) in [7, 11) is 0. The normalized spacial score (nSPS) is 10.5. The Labute approximate surface area is 140 Å². The van der Waals surface area contributed by atoms with Crippen molar-refractivity contribution in [3.63, 3.8) is 0 Å². The highest BCUT2D eigenvalue weighted by Crippen LogP contribution is 2.47. The minimum atomic E-state index is 0.504. The SMILES string of the molecule is N#Cc1sc(-c2cc(Cl)cc(Cl)c2)c(-c2cccs2)c1N. The topological polar surface area (TPSA) is 49.8 Å². The number of halogens is 2. The Kier molecular flexibility index (Phi) is 3.92. The molecule has 0 spiro atoms. The van der Waals surface area contributed by atoms with Crippen molar-refractivity contribution in [2.24, 2.45) is 0 Å². The lowest BCUT2D eigenvalue weighted by Crippen LogP contribution is -1.87. The Morgan fingerprint density at radius 3 is 2.43 bits per heavy atom. The number of nitriles is 1. The Morgan fingerprint density at radius 2 is 1.86 bits per heavy atom. The van der Waals surface area contributed by atoms with Crippen LogP contribution in [0.1, 0.15) is 4.88 Å². The van der Waals surface area contributed by atoms with Crippen LogP contribution in [0.2, 0.25) is 10.0 Å². The summed E-state index contributed by atoms with van der Waals surface area (Å²) < 4.78 is 0. The lowest BCUT2D eigenvalue weighted by atomic mass is 10.1. The van der Waals surface area contributed by atoms with Gasteiger partial charge in [0.2, 0.25) is 0 Å². The summed E-state index contributed by atoms with van der Waals surface area (Å²) in [5.41, 5.74) is 8.41. The standard InChI is InChI=1S/C15H8Cl2N2S2/c16-9-4-8(5-10(17)6-9)15-13(11-2-1-3-20-11)14(19)12(7-18)21-15/h1-6H,19H2. The molecule has 6 heteroatoms. The fourth-order valence-corrected chi connectivity index (χ4v) is 4.48. The van der Waals surface area contributed by atoms with Gasteiger partial charge >= 0.3 is 0 Å². The molecule has 104 valence electrons.